The third kappa shape index (κ3) is 6.89. The first-order chi connectivity index (χ1) is 10.5. The SMILES string of the molecule is CC(=O)NC(CC(=O)NC1CCNCC1)c1ccc(Br)cc1.Cl. The highest BCUT2D eigenvalue weighted by molar-refractivity contribution is 9.10. The second-order valence-corrected chi connectivity index (χ2v) is 6.52. The molecule has 2 rings (SSSR count). The average Bonchev–Trinajstić information content (AvgIpc) is 2.48. The number of halogens is 2. The molecular weight excluding hydrogens is 382 g/mol. The molecule has 0 spiro atoms. The number of amides is 2. The molecule has 1 fully saturated rings. The van der Waals surface area contributed by atoms with Crippen LogP contribution in [0, 0.1) is 0 Å². The van der Waals surface area contributed by atoms with Crippen LogP contribution in [0.5, 0.6) is 0 Å². The van der Waals surface area contributed by atoms with Gasteiger partial charge in [-0.25, -0.2) is 0 Å². The largest absolute Gasteiger partial charge is 0.353 e. The summed E-state index contributed by atoms with van der Waals surface area (Å²) in [6.45, 7) is 3.34. The molecule has 0 radical (unpaired) electrons. The Kier molecular flexibility index (Phi) is 8.58. The van der Waals surface area contributed by atoms with Gasteiger partial charge in [-0.05, 0) is 43.6 Å². The molecule has 23 heavy (non-hydrogen) atoms. The van der Waals surface area contributed by atoms with Crippen LogP contribution in [-0.2, 0) is 9.59 Å². The van der Waals surface area contributed by atoms with Crippen LogP contribution in [0.25, 0.3) is 0 Å². The molecule has 0 aromatic heterocycles. The standard InChI is InChI=1S/C16H22BrN3O2.ClH/c1-11(21)19-15(12-2-4-13(17)5-3-12)10-16(22)20-14-6-8-18-9-7-14;/h2-5,14-15,18H,6-10H2,1H3,(H,19,21)(H,20,22);1H. The van der Waals surface area contributed by atoms with Gasteiger partial charge in [0.05, 0.1) is 12.5 Å². The maximum absolute atomic E-state index is 12.3. The molecule has 1 unspecified atom stereocenters. The number of hydrogen-bond acceptors (Lipinski definition) is 3. The summed E-state index contributed by atoms with van der Waals surface area (Å²) in [5, 5.41) is 9.19. The highest BCUT2D eigenvalue weighted by Gasteiger charge is 2.20. The van der Waals surface area contributed by atoms with Crippen molar-refractivity contribution in [3.8, 4) is 0 Å². The molecule has 1 aromatic rings. The zero-order valence-electron chi connectivity index (χ0n) is 13.1. The van der Waals surface area contributed by atoms with Crippen molar-refractivity contribution in [1.29, 1.82) is 0 Å². The molecule has 0 aliphatic carbocycles. The van der Waals surface area contributed by atoms with Crippen molar-refractivity contribution < 1.29 is 9.59 Å². The normalized spacial score (nSPS) is 16.1. The highest BCUT2D eigenvalue weighted by Crippen LogP contribution is 2.20. The summed E-state index contributed by atoms with van der Waals surface area (Å²) in [6.07, 6.45) is 2.16. The molecule has 1 aromatic carbocycles. The monoisotopic (exact) mass is 403 g/mol. The van der Waals surface area contributed by atoms with Gasteiger partial charge in [-0.3, -0.25) is 9.59 Å². The Hall–Kier alpha value is -1.11. The maximum Gasteiger partial charge on any atom is 0.222 e. The lowest BCUT2D eigenvalue weighted by molar-refractivity contribution is -0.123. The number of piperidine rings is 1. The molecule has 1 atom stereocenters. The predicted molar refractivity (Wildman–Crippen MR) is 96.6 cm³/mol. The third-order valence-corrected chi connectivity index (χ3v) is 4.27. The number of carbonyl (C=O) groups excluding carboxylic acids is 2. The number of nitrogens with one attached hydrogen (secondary N) is 3. The Morgan fingerprint density at radius 2 is 1.87 bits per heavy atom. The second kappa shape index (κ2) is 9.90. The molecule has 7 heteroatoms. The highest BCUT2D eigenvalue weighted by atomic mass is 79.9. The van der Waals surface area contributed by atoms with Gasteiger partial charge in [-0.15, -0.1) is 12.4 Å². The van der Waals surface area contributed by atoms with Crippen LogP contribution in [0.15, 0.2) is 28.7 Å². The van der Waals surface area contributed by atoms with E-state index in [-0.39, 0.29) is 42.7 Å². The molecule has 128 valence electrons. The van der Waals surface area contributed by atoms with Gasteiger partial charge in [0.25, 0.3) is 0 Å². The van der Waals surface area contributed by atoms with E-state index in [1.54, 1.807) is 0 Å². The summed E-state index contributed by atoms with van der Waals surface area (Å²) in [5.74, 6) is -0.156. The van der Waals surface area contributed by atoms with Gasteiger partial charge < -0.3 is 16.0 Å². The molecule has 1 aliphatic rings. The van der Waals surface area contributed by atoms with Crippen molar-refractivity contribution in [2.75, 3.05) is 13.1 Å². The molecular formula is C16H23BrClN3O2. The van der Waals surface area contributed by atoms with E-state index in [2.05, 4.69) is 31.9 Å². The molecule has 2 amide bonds. The fraction of sp³-hybridized carbons (Fsp3) is 0.500. The van der Waals surface area contributed by atoms with Crippen LogP contribution < -0.4 is 16.0 Å². The summed E-state index contributed by atoms with van der Waals surface area (Å²) in [6, 6.07) is 7.60. The first-order valence-electron chi connectivity index (χ1n) is 7.57. The summed E-state index contributed by atoms with van der Waals surface area (Å²) in [7, 11) is 0. The second-order valence-electron chi connectivity index (χ2n) is 5.60. The first-order valence-corrected chi connectivity index (χ1v) is 8.36. The molecule has 0 bridgehead atoms. The zero-order chi connectivity index (χ0) is 15.9. The van der Waals surface area contributed by atoms with E-state index in [1.165, 1.54) is 6.92 Å². The Bertz CT molecular complexity index is 519. The minimum atomic E-state index is -0.299. The Morgan fingerprint density at radius 3 is 2.43 bits per heavy atom. The minimum absolute atomic E-state index is 0. The van der Waals surface area contributed by atoms with E-state index in [0.717, 1.165) is 36.0 Å². The van der Waals surface area contributed by atoms with E-state index in [0.29, 0.717) is 0 Å². The fourth-order valence-corrected chi connectivity index (χ4v) is 2.90. The van der Waals surface area contributed by atoms with Crippen molar-refractivity contribution in [2.24, 2.45) is 0 Å². The topological polar surface area (TPSA) is 70.2 Å². The van der Waals surface area contributed by atoms with Gasteiger partial charge in [0.15, 0.2) is 0 Å². The smallest absolute Gasteiger partial charge is 0.222 e. The van der Waals surface area contributed by atoms with Crippen LogP contribution in [0.1, 0.15) is 37.8 Å². The molecule has 1 heterocycles. The van der Waals surface area contributed by atoms with Gasteiger partial charge in [0.1, 0.15) is 0 Å². The number of benzene rings is 1. The lowest BCUT2D eigenvalue weighted by atomic mass is 10.0. The van der Waals surface area contributed by atoms with Crippen LogP contribution in [0.4, 0.5) is 0 Å². The maximum atomic E-state index is 12.3. The Labute approximate surface area is 151 Å². The number of hydrogen-bond donors (Lipinski definition) is 3. The first kappa shape index (κ1) is 19.9. The van der Waals surface area contributed by atoms with E-state index in [1.807, 2.05) is 24.3 Å². The van der Waals surface area contributed by atoms with Crippen molar-refractivity contribution >= 4 is 40.2 Å². The minimum Gasteiger partial charge on any atom is -0.353 e. The van der Waals surface area contributed by atoms with Crippen LogP contribution in [-0.4, -0.2) is 30.9 Å². The Morgan fingerprint density at radius 1 is 1.26 bits per heavy atom. The molecule has 3 N–H and O–H groups in total. The van der Waals surface area contributed by atoms with Gasteiger partial charge in [-0.2, -0.15) is 0 Å². The third-order valence-electron chi connectivity index (χ3n) is 3.74. The summed E-state index contributed by atoms with van der Waals surface area (Å²) in [4.78, 5) is 23.7. The van der Waals surface area contributed by atoms with Crippen LogP contribution >= 0.6 is 28.3 Å². The summed E-state index contributed by atoms with van der Waals surface area (Å²) < 4.78 is 0.969. The van der Waals surface area contributed by atoms with Crippen molar-refractivity contribution in [3.05, 3.63) is 34.3 Å². The number of carbonyl (C=O) groups is 2. The van der Waals surface area contributed by atoms with E-state index >= 15 is 0 Å². The fourth-order valence-electron chi connectivity index (χ4n) is 2.63. The van der Waals surface area contributed by atoms with E-state index in [9.17, 15) is 9.59 Å². The summed E-state index contributed by atoms with van der Waals surface area (Å²) in [5.41, 5.74) is 0.930. The van der Waals surface area contributed by atoms with E-state index < -0.39 is 0 Å². The van der Waals surface area contributed by atoms with Crippen molar-refractivity contribution in [3.63, 3.8) is 0 Å². The average molecular weight is 405 g/mol. The molecule has 0 saturated carbocycles. The van der Waals surface area contributed by atoms with Gasteiger partial charge >= 0.3 is 0 Å². The molecule has 1 aliphatic heterocycles. The zero-order valence-corrected chi connectivity index (χ0v) is 15.5. The number of rotatable bonds is 5. The molecule has 1 saturated heterocycles. The molecule has 5 nitrogen and oxygen atoms in total. The summed E-state index contributed by atoms with van der Waals surface area (Å²) >= 11 is 3.39. The lowest BCUT2D eigenvalue weighted by Crippen LogP contribution is -2.43. The quantitative estimate of drug-likeness (QED) is 0.705. The van der Waals surface area contributed by atoms with Gasteiger partial charge in [0.2, 0.25) is 11.8 Å². The lowest BCUT2D eigenvalue weighted by Gasteiger charge is -2.25. The van der Waals surface area contributed by atoms with Crippen LogP contribution in [0.3, 0.4) is 0 Å². The van der Waals surface area contributed by atoms with Gasteiger partial charge in [0, 0.05) is 17.4 Å². The van der Waals surface area contributed by atoms with Crippen LogP contribution in [0.2, 0.25) is 0 Å². The van der Waals surface area contributed by atoms with Crippen molar-refractivity contribution in [2.45, 2.75) is 38.3 Å². The Balaban J connectivity index is 0.00000264. The predicted octanol–water partition coefficient (Wildman–Crippen LogP) is 2.31. The van der Waals surface area contributed by atoms with Crippen molar-refractivity contribution in [1.82, 2.24) is 16.0 Å². The van der Waals surface area contributed by atoms with E-state index in [4.69, 9.17) is 0 Å². The van der Waals surface area contributed by atoms with Gasteiger partial charge in [-0.1, -0.05) is 28.1 Å².